The summed E-state index contributed by atoms with van der Waals surface area (Å²) in [6, 6.07) is 17.3. The highest BCUT2D eigenvalue weighted by Crippen LogP contribution is 2.40. The number of methoxy groups -OCH3 is 1. The molecule has 4 rings (SSSR count). The topological polar surface area (TPSA) is 69.0 Å². The van der Waals surface area contributed by atoms with Crippen LogP contribution in [-0.2, 0) is 4.79 Å². The Kier molecular flexibility index (Phi) is 5.34. The second kappa shape index (κ2) is 8.06. The number of carbonyl (C=O) groups excluding carboxylic acids is 1. The molecule has 1 heterocycles. The first kappa shape index (κ1) is 18.6. The van der Waals surface area contributed by atoms with E-state index < -0.39 is 0 Å². The molecule has 144 valence electrons. The van der Waals surface area contributed by atoms with Crippen LogP contribution in [0.4, 0.5) is 5.69 Å². The minimum Gasteiger partial charge on any atom is -0.497 e. The van der Waals surface area contributed by atoms with Gasteiger partial charge in [0, 0.05) is 17.7 Å². The van der Waals surface area contributed by atoms with Gasteiger partial charge in [-0.15, -0.1) is 5.10 Å². The summed E-state index contributed by atoms with van der Waals surface area (Å²) in [7, 11) is 1.60. The molecule has 0 spiro atoms. The Bertz CT molecular complexity index is 970. The molecular formula is C21H22N4O2S. The van der Waals surface area contributed by atoms with Crippen LogP contribution in [0.5, 0.6) is 5.75 Å². The predicted octanol–water partition coefficient (Wildman–Crippen LogP) is 4.27. The molecule has 0 bridgehead atoms. The Morgan fingerprint density at radius 3 is 2.71 bits per heavy atom. The van der Waals surface area contributed by atoms with Crippen LogP contribution < -0.4 is 10.1 Å². The number of hydrogen-bond acceptors (Lipinski definition) is 5. The number of nitrogens with zero attached hydrogens (tertiary/aromatic N) is 3. The number of ether oxygens (including phenoxy) is 1. The standard InChI is InChI=1S/C21H22N4O2S/c1-14(20(26)22-16-7-6-10-18(13-16)27-2)28-21-23-19(15-11-12-15)25(24-21)17-8-4-3-5-9-17/h3-10,13-15H,11-12H2,1-2H3,(H,22,26)/t14-/m1/s1. The predicted molar refractivity (Wildman–Crippen MR) is 110 cm³/mol. The summed E-state index contributed by atoms with van der Waals surface area (Å²) in [4.78, 5) is 17.3. The number of thioether (sulfide) groups is 1. The van der Waals surface area contributed by atoms with E-state index in [0.717, 1.165) is 24.4 Å². The molecule has 0 radical (unpaired) electrons. The third-order valence-electron chi connectivity index (χ3n) is 4.54. The second-order valence-electron chi connectivity index (χ2n) is 6.76. The molecule has 1 N–H and O–H groups in total. The minimum absolute atomic E-state index is 0.0951. The molecule has 1 saturated carbocycles. The molecule has 28 heavy (non-hydrogen) atoms. The number of amides is 1. The van der Waals surface area contributed by atoms with E-state index in [9.17, 15) is 4.79 Å². The number of benzene rings is 2. The van der Waals surface area contributed by atoms with Crippen LogP contribution in [0.3, 0.4) is 0 Å². The molecule has 0 unspecified atom stereocenters. The van der Waals surface area contributed by atoms with E-state index in [0.29, 0.717) is 22.5 Å². The summed E-state index contributed by atoms with van der Waals surface area (Å²) < 4.78 is 7.11. The smallest absolute Gasteiger partial charge is 0.237 e. The van der Waals surface area contributed by atoms with Crippen molar-refractivity contribution in [3.63, 3.8) is 0 Å². The van der Waals surface area contributed by atoms with Gasteiger partial charge in [-0.3, -0.25) is 4.79 Å². The average molecular weight is 395 g/mol. The van der Waals surface area contributed by atoms with Crippen molar-refractivity contribution in [3.8, 4) is 11.4 Å². The monoisotopic (exact) mass is 394 g/mol. The first-order chi connectivity index (χ1) is 13.6. The lowest BCUT2D eigenvalue weighted by Crippen LogP contribution is -2.22. The molecule has 1 aromatic heterocycles. The number of carbonyl (C=O) groups is 1. The van der Waals surface area contributed by atoms with Gasteiger partial charge >= 0.3 is 0 Å². The van der Waals surface area contributed by atoms with Gasteiger partial charge in [-0.2, -0.15) is 0 Å². The van der Waals surface area contributed by atoms with Crippen molar-refractivity contribution in [2.45, 2.75) is 36.1 Å². The summed E-state index contributed by atoms with van der Waals surface area (Å²) in [6.45, 7) is 1.86. The summed E-state index contributed by atoms with van der Waals surface area (Å²) in [5.74, 6) is 2.05. The van der Waals surface area contributed by atoms with Gasteiger partial charge in [0.2, 0.25) is 11.1 Å². The van der Waals surface area contributed by atoms with Gasteiger partial charge in [0.25, 0.3) is 0 Å². The van der Waals surface area contributed by atoms with E-state index in [1.54, 1.807) is 13.2 Å². The molecule has 6 nitrogen and oxygen atoms in total. The van der Waals surface area contributed by atoms with Crippen LogP contribution in [0.25, 0.3) is 5.69 Å². The van der Waals surface area contributed by atoms with Crippen molar-refractivity contribution >= 4 is 23.4 Å². The zero-order valence-electron chi connectivity index (χ0n) is 15.8. The number of hydrogen-bond donors (Lipinski definition) is 1. The Balaban J connectivity index is 1.48. The largest absolute Gasteiger partial charge is 0.497 e. The summed E-state index contributed by atoms with van der Waals surface area (Å²) in [5.41, 5.74) is 1.70. The highest BCUT2D eigenvalue weighted by atomic mass is 32.2. The van der Waals surface area contributed by atoms with E-state index in [4.69, 9.17) is 9.72 Å². The van der Waals surface area contributed by atoms with Crippen molar-refractivity contribution in [3.05, 3.63) is 60.4 Å². The van der Waals surface area contributed by atoms with Gasteiger partial charge in [0.1, 0.15) is 11.6 Å². The third kappa shape index (κ3) is 4.20. The fourth-order valence-electron chi connectivity index (χ4n) is 2.88. The molecule has 0 saturated heterocycles. The number of aromatic nitrogens is 3. The maximum absolute atomic E-state index is 12.6. The Morgan fingerprint density at radius 1 is 1.21 bits per heavy atom. The van der Waals surface area contributed by atoms with Crippen molar-refractivity contribution in [1.82, 2.24) is 14.8 Å². The highest BCUT2D eigenvalue weighted by Gasteiger charge is 2.31. The fraction of sp³-hybridized carbons (Fsp3) is 0.286. The van der Waals surface area contributed by atoms with Crippen LogP contribution in [0.1, 0.15) is 31.5 Å². The Labute approximate surface area is 168 Å². The van der Waals surface area contributed by atoms with Crippen LogP contribution in [0.15, 0.2) is 59.8 Å². The lowest BCUT2D eigenvalue weighted by molar-refractivity contribution is -0.115. The summed E-state index contributed by atoms with van der Waals surface area (Å²) >= 11 is 1.37. The minimum atomic E-state index is -0.329. The Hall–Kier alpha value is -2.80. The molecule has 3 aromatic rings. The van der Waals surface area contributed by atoms with Gasteiger partial charge in [0.15, 0.2) is 0 Å². The lowest BCUT2D eigenvalue weighted by Gasteiger charge is -2.11. The zero-order chi connectivity index (χ0) is 19.5. The van der Waals surface area contributed by atoms with Crippen LogP contribution >= 0.6 is 11.8 Å². The molecule has 1 atom stereocenters. The molecule has 7 heteroatoms. The second-order valence-corrected chi connectivity index (χ2v) is 8.06. The lowest BCUT2D eigenvalue weighted by atomic mass is 10.3. The first-order valence-corrected chi connectivity index (χ1v) is 10.2. The van der Waals surface area contributed by atoms with Gasteiger partial charge in [-0.05, 0) is 44.0 Å². The number of nitrogens with one attached hydrogen (secondary N) is 1. The van der Waals surface area contributed by atoms with Crippen LogP contribution in [-0.4, -0.2) is 33.0 Å². The van der Waals surface area contributed by atoms with Crippen molar-refractivity contribution < 1.29 is 9.53 Å². The number of anilines is 1. The van der Waals surface area contributed by atoms with Crippen molar-refractivity contribution in [1.29, 1.82) is 0 Å². The van der Waals surface area contributed by atoms with Gasteiger partial charge in [-0.25, -0.2) is 9.67 Å². The molecule has 0 aliphatic heterocycles. The number of para-hydroxylation sites is 1. The normalized spacial score (nSPS) is 14.5. The molecule has 1 amide bonds. The third-order valence-corrected chi connectivity index (χ3v) is 5.50. The van der Waals surface area contributed by atoms with E-state index in [1.165, 1.54) is 11.8 Å². The first-order valence-electron chi connectivity index (χ1n) is 9.28. The molecule has 1 aliphatic rings. The average Bonchev–Trinajstić information content (AvgIpc) is 3.49. The Morgan fingerprint density at radius 2 is 2.00 bits per heavy atom. The summed E-state index contributed by atoms with van der Waals surface area (Å²) in [6.07, 6.45) is 2.28. The summed E-state index contributed by atoms with van der Waals surface area (Å²) in [5, 5.41) is 7.89. The maximum atomic E-state index is 12.6. The van der Waals surface area contributed by atoms with Gasteiger partial charge in [-0.1, -0.05) is 36.0 Å². The fourth-order valence-corrected chi connectivity index (χ4v) is 3.63. The van der Waals surface area contributed by atoms with Crippen molar-refractivity contribution in [2.75, 3.05) is 12.4 Å². The van der Waals surface area contributed by atoms with Crippen LogP contribution in [0.2, 0.25) is 0 Å². The highest BCUT2D eigenvalue weighted by molar-refractivity contribution is 8.00. The molecular weight excluding hydrogens is 372 g/mol. The van der Waals surface area contributed by atoms with Crippen molar-refractivity contribution in [2.24, 2.45) is 0 Å². The van der Waals surface area contributed by atoms with E-state index in [1.807, 2.05) is 60.1 Å². The zero-order valence-corrected chi connectivity index (χ0v) is 16.6. The van der Waals surface area contributed by atoms with Gasteiger partial charge in [0.05, 0.1) is 18.0 Å². The maximum Gasteiger partial charge on any atom is 0.237 e. The molecule has 1 fully saturated rings. The number of rotatable bonds is 7. The van der Waals surface area contributed by atoms with Crippen LogP contribution in [0, 0.1) is 0 Å². The quantitative estimate of drug-likeness (QED) is 0.606. The van der Waals surface area contributed by atoms with E-state index in [2.05, 4.69) is 10.4 Å². The van der Waals surface area contributed by atoms with E-state index in [-0.39, 0.29) is 11.2 Å². The van der Waals surface area contributed by atoms with E-state index >= 15 is 0 Å². The SMILES string of the molecule is COc1cccc(NC(=O)[C@@H](C)Sc2nc(C3CC3)n(-c3ccccc3)n2)c1. The molecule has 2 aromatic carbocycles. The van der Waals surface area contributed by atoms with Gasteiger partial charge < -0.3 is 10.1 Å². The molecule has 1 aliphatic carbocycles.